The molecule has 0 radical (unpaired) electrons. The fraction of sp³-hybridized carbons (Fsp3) is 0.364. The van der Waals surface area contributed by atoms with Crippen LogP contribution in [0.4, 0.5) is 5.13 Å². The molecule has 2 N–H and O–H groups in total. The van der Waals surface area contributed by atoms with Gasteiger partial charge in [-0.25, -0.2) is 4.98 Å². The molecule has 150 valence electrons. The van der Waals surface area contributed by atoms with Crippen LogP contribution < -0.4 is 10.2 Å². The first kappa shape index (κ1) is 18.5. The first-order chi connectivity index (χ1) is 14.2. The third-order valence-corrected chi connectivity index (χ3v) is 6.84. The molecule has 6 nitrogen and oxygen atoms in total. The Morgan fingerprint density at radius 2 is 1.97 bits per heavy atom. The van der Waals surface area contributed by atoms with Crippen molar-refractivity contribution in [3.8, 4) is 0 Å². The molecule has 5 rings (SSSR count). The highest BCUT2D eigenvalue weighted by molar-refractivity contribution is 7.17. The summed E-state index contributed by atoms with van der Waals surface area (Å²) >= 11 is 1.44. The maximum atomic E-state index is 12.9. The van der Waals surface area contributed by atoms with Crippen LogP contribution in [0.5, 0.6) is 0 Å². The zero-order valence-electron chi connectivity index (χ0n) is 16.0. The Labute approximate surface area is 173 Å². The molecule has 1 amide bonds. The number of carbonyl (C=O) groups is 1. The summed E-state index contributed by atoms with van der Waals surface area (Å²) in [4.78, 5) is 20.6. The molecule has 3 heterocycles. The van der Waals surface area contributed by atoms with Gasteiger partial charge < -0.3 is 20.1 Å². The first-order valence-electron chi connectivity index (χ1n) is 9.97. The van der Waals surface area contributed by atoms with E-state index in [0.717, 1.165) is 29.5 Å². The Morgan fingerprint density at radius 1 is 1.17 bits per heavy atom. The number of carbonyl (C=O) groups excluding carboxylic acids is 1. The van der Waals surface area contributed by atoms with Crippen LogP contribution >= 0.6 is 11.3 Å². The van der Waals surface area contributed by atoms with Gasteiger partial charge in [0.2, 0.25) is 0 Å². The quantitative estimate of drug-likeness (QED) is 0.696. The van der Waals surface area contributed by atoms with Crippen molar-refractivity contribution in [3.05, 3.63) is 58.6 Å². The molecule has 3 aromatic rings. The van der Waals surface area contributed by atoms with Gasteiger partial charge >= 0.3 is 0 Å². The van der Waals surface area contributed by atoms with Crippen molar-refractivity contribution in [2.75, 3.05) is 37.8 Å². The average molecular weight is 410 g/mol. The number of fused-ring (bicyclic) bond motifs is 2. The van der Waals surface area contributed by atoms with E-state index in [-0.39, 0.29) is 24.5 Å². The van der Waals surface area contributed by atoms with Crippen LogP contribution in [0.3, 0.4) is 0 Å². The molecule has 1 fully saturated rings. The number of aliphatic hydroxyl groups excluding tert-OH is 1. The zero-order chi connectivity index (χ0) is 19.8. The Hall–Kier alpha value is -2.48. The van der Waals surface area contributed by atoms with Gasteiger partial charge in [0.05, 0.1) is 31.6 Å². The number of nitrogens with zero attached hydrogens (tertiary/aromatic N) is 2. The average Bonchev–Trinajstić information content (AvgIpc) is 3.17. The van der Waals surface area contributed by atoms with Crippen molar-refractivity contribution in [1.29, 1.82) is 0 Å². The van der Waals surface area contributed by atoms with E-state index in [2.05, 4.69) is 40.5 Å². The number of morpholine rings is 1. The molecule has 2 aliphatic rings. The standard InChI is InChI=1S/C22H23N3O3S/c26-13-17-12-18(16-6-5-14-3-1-2-4-15(14)11-16)19-20(21(27)23-17)29-22(24-19)25-7-9-28-10-8-25/h1-6,11,17-18,26H,7-10,12-13H2,(H,23,27). The third-order valence-electron chi connectivity index (χ3n) is 5.71. The predicted molar refractivity (Wildman–Crippen MR) is 114 cm³/mol. The summed E-state index contributed by atoms with van der Waals surface area (Å²) in [6.45, 7) is 2.84. The van der Waals surface area contributed by atoms with Crippen molar-refractivity contribution in [2.45, 2.75) is 18.4 Å². The minimum Gasteiger partial charge on any atom is -0.394 e. The smallest absolute Gasteiger partial charge is 0.263 e. The third kappa shape index (κ3) is 3.50. The van der Waals surface area contributed by atoms with Gasteiger partial charge in [0.15, 0.2) is 5.13 Å². The number of nitrogens with one attached hydrogen (secondary N) is 1. The molecule has 2 atom stereocenters. The van der Waals surface area contributed by atoms with Crippen molar-refractivity contribution >= 4 is 33.1 Å². The van der Waals surface area contributed by atoms with E-state index < -0.39 is 0 Å². The molecule has 0 bridgehead atoms. The summed E-state index contributed by atoms with van der Waals surface area (Å²) in [5, 5.41) is 16.0. The molecule has 2 aliphatic heterocycles. The number of hydrogen-bond donors (Lipinski definition) is 2. The number of anilines is 1. The summed E-state index contributed by atoms with van der Waals surface area (Å²) in [5.41, 5.74) is 1.94. The fourth-order valence-electron chi connectivity index (χ4n) is 4.15. The summed E-state index contributed by atoms with van der Waals surface area (Å²) in [6.07, 6.45) is 0.625. The van der Waals surface area contributed by atoms with Gasteiger partial charge in [0.1, 0.15) is 4.88 Å². The second-order valence-corrected chi connectivity index (χ2v) is 8.54. The van der Waals surface area contributed by atoms with E-state index in [4.69, 9.17) is 9.72 Å². The van der Waals surface area contributed by atoms with Crippen LogP contribution in [0.1, 0.15) is 33.3 Å². The van der Waals surface area contributed by atoms with E-state index in [1.54, 1.807) is 0 Å². The number of ether oxygens (including phenoxy) is 1. The largest absolute Gasteiger partial charge is 0.394 e. The fourth-order valence-corrected chi connectivity index (χ4v) is 5.24. The SMILES string of the molecule is O=C1NC(CO)CC(c2ccc3ccccc3c2)c2nc(N3CCOCC3)sc21. The normalized spacial score (nSPS) is 22.2. The molecule has 7 heteroatoms. The summed E-state index contributed by atoms with van der Waals surface area (Å²) in [6, 6.07) is 14.4. The molecule has 0 saturated carbocycles. The Balaban J connectivity index is 1.59. The van der Waals surface area contributed by atoms with Crippen LogP contribution in [0.2, 0.25) is 0 Å². The molecular weight excluding hydrogens is 386 g/mol. The molecular formula is C22H23N3O3S. The van der Waals surface area contributed by atoms with Crippen LogP contribution in [-0.2, 0) is 4.74 Å². The maximum Gasteiger partial charge on any atom is 0.263 e. The first-order valence-corrected chi connectivity index (χ1v) is 10.8. The van der Waals surface area contributed by atoms with Crippen LogP contribution in [0, 0.1) is 0 Å². The molecule has 2 aromatic carbocycles. The van der Waals surface area contributed by atoms with Crippen molar-refractivity contribution in [1.82, 2.24) is 10.3 Å². The number of aromatic nitrogens is 1. The second kappa shape index (κ2) is 7.74. The minimum absolute atomic E-state index is 0.0447. The molecule has 0 spiro atoms. The highest BCUT2D eigenvalue weighted by atomic mass is 32.1. The van der Waals surface area contributed by atoms with E-state index in [1.165, 1.54) is 22.1 Å². The number of amides is 1. The van der Waals surface area contributed by atoms with E-state index in [9.17, 15) is 9.90 Å². The lowest BCUT2D eigenvalue weighted by atomic mass is 9.88. The molecule has 29 heavy (non-hydrogen) atoms. The lowest BCUT2D eigenvalue weighted by Crippen LogP contribution is -2.37. The van der Waals surface area contributed by atoms with Crippen LogP contribution in [-0.4, -0.2) is 54.9 Å². The van der Waals surface area contributed by atoms with Gasteiger partial charge in [-0.15, -0.1) is 0 Å². The van der Waals surface area contributed by atoms with E-state index >= 15 is 0 Å². The van der Waals surface area contributed by atoms with Crippen LogP contribution in [0.25, 0.3) is 10.8 Å². The number of benzene rings is 2. The molecule has 1 aromatic heterocycles. The Bertz CT molecular complexity index is 1040. The number of thiazole rings is 1. The van der Waals surface area contributed by atoms with Crippen molar-refractivity contribution < 1.29 is 14.6 Å². The minimum atomic E-state index is -0.285. The highest BCUT2D eigenvalue weighted by Crippen LogP contribution is 2.39. The lowest BCUT2D eigenvalue weighted by molar-refractivity contribution is 0.0923. The van der Waals surface area contributed by atoms with Crippen molar-refractivity contribution in [3.63, 3.8) is 0 Å². The molecule has 1 saturated heterocycles. The lowest BCUT2D eigenvalue weighted by Gasteiger charge is -2.26. The summed E-state index contributed by atoms with van der Waals surface area (Å²) < 4.78 is 5.45. The van der Waals surface area contributed by atoms with E-state index in [0.29, 0.717) is 24.5 Å². The molecule has 2 unspecified atom stereocenters. The zero-order valence-corrected chi connectivity index (χ0v) is 16.8. The highest BCUT2D eigenvalue weighted by Gasteiger charge is 2.34. The number of hydrogen-bond acceptors (Lipinski definition) is 6. The second-order valence-electron chi connectivity index (χ2n) is 7.56. The van der Waals surface area contributed by atoms with Gasteiger partial charge in [-0.3, -0.25) is 4.79 Å². The summed E-state index contributed by atoms with van der Waals surface area (Å²) in [7, 11) is 0. The number of rotatable bonds is 3. The Morgan fingerprint density at radius 3 is 2.76 bits per heavy atom. The van der Waals surface area contributed by atoms with Gasteiger partial charge in [-0.1, -0.05) is 53.8 Å². The topological polar surface area (TPSA) is 74.7 Å². The number of aliphatic hydroxyl groups is 1. The maximum absolute atomic E-state index is 12.9. The monoisotopic (exact) mass is 409 g/mol. The van der Waals surface area contributed by atoms with Crippen molar-refractivity contribution in [2.24, 2.45) is 0 Å². The van der Waals surface area contributed by atoms with E-state index in [1.807, 2.05) is 12.1 Å². The Kier molecular flexibility index (Phi) is 4.95. The summed E-state index contributed by atoms with van der Waals surface area (Å²) in [5.74, 6) is -0.184. The predicted octanol–water partition coefficient (Wildman–Crippen LogP) is 2.76. The van der Waals surface area contributed by atoms with Gasteiger partial charge in [0, 0.05) is 19.0 Å². The van der Waals surface area contributed by atoms with Gasteiger partial charge in [-0.2, -0.15) is 0 Å². The van der Waals surface area contributed by atoms with Gasteiger partial charge in [-0.05, 0) is 22.8 Å². The van der Waals surface area contributed by atoms with Crippen LogP contribution in [0.15, 0.2) is 42.5 Å². The molecule has 0 aliphatic carbocycles. The van der Waals surface area contributed by atoms with Gasteiger partial charge in [0.25, 0.3) is 5.91 Å².